The smallest absolute Gasteiger partial charge is 0.326 e. The van der Waals surface area contributed by atoms with Crippen LogP contribution in [0.5, 0.6) is 5.75 Å². The Hall–Kier alpha value is -2.24. The van der Waals surface area contributed by atoms with Gasteiger partial charge in [-0.3, -0.25) is 19.3 Å². The van der Waals surface area contributed by atoms with Crippen molar-refractivity contribution in [3.63, 3.8) is 0 Å². The third kappa shape index (κ3) is 4.87. The second kappa shape index (κ2) is 8.74. The van der Waals surface area contributed by atoms with Gasteiger partial charge in [-0.15, -0.1) is 6.42 Å². The standard InChI is InChI=1S/C17H14BrNO5S/c1-3-7-24-13-6-5-11(8-12(13)18)9-14-16(21)19(17(22)25-14)10-15(20)23-4-2/h1,5-6,8-9H,4,7,10H2,2H3/b14-9-. The molecular weight excluding hydrogens is 410 g/mol. The first-order valence-corrected chi connectivity index (χ1v) is 8.84. The third-order valence-corrected chi connectivity index (χ3v) is 4.56. The Morgan fingerprint density at radius 1 is 1.44 bits per heavy atom. The van der Waals surface area contributed by atoms with Crippen LogP contribution in [0.25, 0.3) is 6.08 Å². The fourth-order valence-electron chi connectivity index (χ4n) is 1.97. The third-order valence-electron chi connectivity index (χ3n) is 3.03. The number of halogens is 1. The Morgan fingerprint density at radius 3 is 2.84 bits per heavy atom. The SMILES string of the molecule is C#CCOc1ccc(/C=C2\SC(=O)N(CC(=O)OCC)C2=O)cc1Br. The lowest BCUT2D eigenvalue weighted by Gasteiger charge is -2.10. The van der Waals surface area contributed by atoms with Crippen LogP contribution < -0.4 is 4.74 Å². The van der Waals surface area contributed by atoms with E-state index in [1.807, 2.05) is 0 Å². The highest BCUT2D eigenvalue weighted by Crippen LogP contribution is 2.33. The number of carbonyl (C=O) groups excluding carboxylic acids is 3. The van der Waals surface area contributed by atoms with Gasteiger partial charge in [0, 0.05) is 0 Å². The van der Waals surface area contributed by atoms with Gasteiger partial charge < -0.3 is 9.47 Å². The van der Waals surface area contributed by atoms with Crippen molar-refractivity contribution in [2.24, 2.45) is 0 Å². The van der Waals surface area contributed by atoms with E-state index in [1.165, 1.54) is 0 Å². The number of imide groups is 1. The number of benzene rings is 1. The van der Waals surface area contributed by atoms with Gasteiger partial charge in [-0.25, -0.2) is 0 Å². The van der Waals surface area contributed by atoms with Crippen molar-refractivity contribution in [3.05, 3.63) is 33.1 Å². The van der Waals surface area contributed by atoms with Gasteiger partial charge in [0.05, 0.1) is 16.0 Å². The summed E-state index contributed by atoms with van der Waals surface area (Å²) in [7, 11) is 0. The topological polar surface area (TPSA) is 72.9 Å². The largest absolute Gasteiger partial charge is 0.480 e. The highest BCUT2D eigenvalue weighted by molar-refractivity contribution is 9.10. The number of thioether (sulfide) groups is 1. The lowest BCUT2D eigenvalue weighted by atomic mass is 10.2. The monoisotopic (exact) mass is 423 g/mol. The Morgan fingerprint density at radius 2 is 2.20 bits per heavy atom. The predicted molar refractivity (Wildman–Crippen MR) is 97.8 cm³/mol. The van der Waals surface area contributed by atoms with E-state index < -0.39 is 23.7 Å². The number of ether oxygens (including phenoxy) is 2. The molecular formula is C17H14BrNO5S. The first kappa shape index (κ1) is 19.1. The van der Waals surface area contributed by atoms with E-state index in [-0.39, 0.29) is 18.1 Å². The Bertz CT molecular complexity index is 784. The zero-order valence-electron chi connectivity index (χ0n) is 13.3. The maximum atomic E-state index is 12.3. The van der Waals surface area contributed by atoms with Gasteiger partial charge in [-0.2, -0.15) is 0 Å². The number of rotatable bonds is 6. The van der Waals surface area contributed by atoms with Crippen LogP contribution >= 0.6 is 27.7 Å². The van der Waals surface area contributed by atoms with Crippen molar-refractivity contribution in [2.45, 2.75) is 6.92 Å². The molecule has 1 aliphatic rings. The fourth-order valence-corrected chi connectivity index (χ4v) is 3.32. The molecule has 1 fully saturated rings. The van der Waals surface area contributed by atoms with Crippen molar-refractivity contribution in [2.75, 3.05) is 19.8 Å². The first-order chi connectivity index (χ1) is 12.0. The molecule has 1 heterocycles. The van der Waals surface area contributed by atoms with Crippen LogP contribution in [0.3, 0.4) is 0 Å². The molecule has 0 aromatic heterocycles. The molecule has 0 bridgehead atoms. The number of hydrogen-bond donors (Lipinski definition) is 0. The predicted octanol–water partition coefficient (Wildman–Crippen LogP) is 3.06. The van der Waals surface area contributed by atoms with Crippen LogP contribution in [0.1, 0.15) is 12.5 Å². The summed E-state index contributed by atoms with van der Waals surface area (Å²) in [4.78, 5) is 36.8. The quantitative estimate of drug-likeness (QED) is 0.397. The number of hydrogen-bond acceptors (Lipinski definition) is 6. The summed E-state index contributed by atoms with van der Waals surface area (Å²) in [6.07, 6.45) is 6.73. The van der Waals surface area contributed by atoms with Gasteiger partial charge in [0.2, 0.25) is 0 Å². The summed E-state index contributed by atoms with van der Waals surface area (Å²) < 4.78 is 10.8. The Balaban J connectivity index is 2.15. The lowest BCUT2D eigenvalue weighted by Crippen LogP contribution is -2.34. The summed E-state index contributed by atoms with van der Waals surface area (Å²) >= 11 is 4.14. The maximum absolute atomic E-state index is 12.3. The molecule has 1 aliphatic heterocycles. The molecule has 0 radical (unpaired) electrons. The summed E-state index contributed by atoms with van der Waals surface area (Å²) in [5, 5.41) is -0.502. The molecule has 0 saturated carbocycles. The molecule has 0 aliphatic carbocycles. The van der Waals surface area contributed by atoms with Crippen molar-refractivity contribution >= 4 is 50.9 Å². The van der Waals surface area contributed by atoms with Crippen molar-refractivity contribution < 1.29 is 23.9 Å². The fraction of sp³-hybridized carbons (Fsp3) is 0.235. The van der Waals surface area contributed by atoms with Gasteiger partial charge in [-0.05, 0) is 58.4 Å². The summed E-state index contributed by atoms with van der Waals surface area (Å²) in [5.41, 5.74) is 0.696. The minimum absolute atomic E-state index is 0.144. The molecule has 1 aromatic rings. The average molecular weight is 424 g/mol. The minimum atomic E-state index is -0.621. The van der Waals surface area contributed by atoms with E-state index in [1.54, 1.807) is 31.2 Å². The Kier molecular flexibility index (Phi) is 6.67. The molecule has 1 aromatic carbocycles. The maximum Gasteiger partial charge on any atom is 0.326 e. The van der Waals surface area contributed by atoms with Crippen LogP contribution in [0, 0.1) is 12.3 Å². The van der Waals surface area contributed by atoms with Gasteiger partial charge in [0.15, 0.2) is 0 Å². The van der Waals surface area contributed by atoms with E-state index in [0.717, 1.165) is 16.7 Å². The lowest BCUT2D eigenvalue weighted by molar-refractivity contribution is -0.145. The van der Waals surface area contributed by atoms with Gasteiger partial charge in [0.1, 0.15) is 18.9 Å². The number of amides is 2. The molecule has 25 heavy (non-hydrogen) atoms. The normalized spacial score (nSPS) is 15.4. The van der Waals surface area contributed by atoms with Crippen LogP contribution in [0.4, 0.5) is 4.79 Å². The van der Waals surface area contributed by atoms with Crippen molar-refractivity contribution in [1.82, 2.24) is 4.90 Å². The second-order valence-corrected chi connectivity index (χ2v) is 6.60. The Labute approximate surface area is 157 Å². The van der Waals surface area contributed by atoms with E-state index >= 15 is 0 Å². The van der Waals surface area contributed by atoms with Crippen molar-refractivity contribution in [3.8, 4) is 18.1 Å². The zero-order chi connectivity index (χ0) is 18.4. The molecule has 130 valence electrons. The van der Waals surface area contributed by atoms with E-state index in [2.05, 4.69) is 21.9 Å². The highest BCUT2D eigenvalue weighted by Gasteiger charge is 2.36. The van der Waals surface area contributed by atoms with Crippen LogP contribution in [-0.4, -0.2) is 41.8 Å². The molecule has 0 spiro atoms. The number of carbonyl (C=O) groups is 3. The zero-order valence-corrected chi connectivity index (χ0v) is 15.7. The van der Waals surface area contributed by atoms with Gasteiger partial charge in [-0.1, -0.05) is 12.0 Å². The summed E-state index contributed by atoms with van der Waals surface area (Å²) in [6.45, 7) is 1.59. The van der Waals surface area contributed by atoms with Crippen LogP contribution in [0.2, 0.25) is 0 Å². The number of esters is 1. The van der Waals surface area contributed by atoms with Crippen LogP contribution in [-0.2, 0) is 14.3 Å². The molecule has 2 amide bonds. The first-order valence-electron chi connectivity index (χ1n) is 7.23. The number of terminal acetylenes is 1. The second-order valence-electron chi connectivity index (χ2n) is 4.76. The molecule has 8 heteroatoms. The molecule has 1 saturated heterocycles. The van der Waals surface area contributed by atoms with E-state index in [0.29, 0.717) is 15.8 Å². The van der Waals surface area contributed by atoms with E-state index in [9.17, 15) is 14.4 Å². The molecule has 0 N–H and O–H groups in total. The molecule has 0 atom stereocenters. The highest BCUT2D eigenvalue weighted by atomic mass is 79.9. The van der Waals surface area contributed by atoms with Gasteiger partial charge in [0.25, 0.3) is 11.1 Å². The molecule has 6 nitrogen and oxygen atoms in total. The van der Waals surface area contributed by atoms with Crippen molar-refractivity contribution in [1.29, 1.82) is 0 Å². The summed E-state index contributed by atoms with van der Waals surface area (Å²) in [5.74, 6) is 1.80. The molecule has 0 unspecified atom stereocenters. The van der Waals surface area contributed by atoms with Gasteiger partial charge >= 0.3 is 5.97 Å². The van der Waals surface area contributed by atoms with E-state index in [4.69, 9.17) is 15.9 Å². The number of nitrogens with zero attached hydrogens (tertiary/aromatic N) is 1. The molecule has 2 rings (SSSR count). The average Bonchev–Trinajstić information content (AvgIpc) is 2.82. The van der Waals surface area contributed by atoms with Crippen LogP contribution in [0.15, 0.2) is 27.6 Å². The summed E-state index contributed by atoms with van der Waals surface area (Å²) in [6, 6.07) is 5.18. The minimum Gasteiger partial charge on any atom is -0.480 e.